The van der Waals surface area contributed by atoms with E-state index in [1.165, 1.54) is 25.1 Å². The molecule has 2 aromatic carbocycles. The molecule has 2 N–H and O–H groups in total. The number of aliphatic carboxylic acids is 1. The van der Waals surface area contributed by atoms with Crippen molar-refractivity contribution in [1.82, 2.24) is 5.32 Å². The third-order valence-electron chi connectivity index (χ3n) is 4.09. The van der Waals surface area contributed by atoms with Crippen LogP contribution in [0.4, 0.5) is 4.39 Å². The van der Waals surface area contributed by atoms with Gasteiger partial charge in [0.2, 0.25) is 5.91 Å². The maximum absolute atomic E-state index is 13.4. The van der Waals surface area contributed by atoms with E-state index < -0.39 is 23.7 Å². The van der Waals surface area contributed by atoms with Gasteiger partial charge in [-0.05, 0) is 41.8 Å². The fourth-order valence-electron chi connectivity index (χ4n) is 2.80. The lowest BCUT2D eigenvalue weighted by molar-refractivity contribution is -0.142. The molecular formula is C19H17ClFNO5. The summed E-state index contributed by atoms with van der Waals surface area (Å²) in [6.07, 6.45) is -0.0969. The molecule has 1 heterocycles. The fraction of sp³-hybridized carbons (Fsp3) is 0.263. The van der Waals surface area contributed by atoms with Gasteiger partial charge in [0.05, 0.1) is 11.4 Å². The Kier molecular flexibility index (Phi) is 5.51. The van der Waals surface area contributed by atoms with Gasteiger partial charge in [0.25, 0.3) is 0 Å². The van der Waals surface area contributed by atoms with Gasteiger partial charge in [-0.15, -0.1) is 0 Å². The number of carboxylic acids is 1. The first kappa shape index (κ1) is 19.0. The molecule has 8 heteroatoms. The Hall–Kier alpha value is -2.80. The third kappa shape index (κ3) is 4.31. The molecular weight excluding hydrogens is 377 g/mol. The van der Waals surface area contributed by atoms with Crippen LogP contribution in [0.1, 0.15) is 22.7 Å². The molecule has 1 atom stereocenters. The van der Waals surface area contributed by atoms with Crippen molar-refractivity contribution in [3.05, 3.63) is 57.9 Å². The van der Waals surface area contributed by atoms with Crippen molar-refractivity contribution in [2.75, 3.05) is 13.2 Å². The Morgan fingerprint density at radius 1 is 1.26 bits per heavy atom. The molecule has 0 aliphatic carbocycles. The van der Waals surface area contributed by atoms with Crippen molar-refractivity contribution in [3.63, 3.8) is 0 Å². The Morgan fingerprint density at radius 3 is 2.70 bits per heavy atom. The summed E-state index contributed by atoms with van der Waals surface area (Å²) < 4.78 is 24.3. The lowest BCUT2D eigenvalue weighted by Crippen LogP contribution is -2.34. The minimum Gasteiger partial charge on any atom is -0.486 e. The summed E-state index contributed by atoms with van der Waals surface area (Å²) in [7, 11) is 0. The monoisotopic (exact) mass is 393 g/mol. The predicted octanol–water partition coefficient (Wildman–Crippen LogP) is 3.04. The van der Waals surface area contributed by atoms with Crippen LogP contribution >= 0.6 is 11.6 Å². The summed E-state index contributed by atoms with van der Waals surface area (Å²) in [6.45, 7) is 2.30. The Morgan fingerprint density at radius 2 is 2.00 bits per heavy atom. The first-order valence-electron chi connectivity index (χ1n) is 8.21. The third-order valence-corrected chi connectivity index (χ3v) is 4.37. The standard InChI is InChI=1S/C19H17ClFNO5/c1-10-6-12(2-3-14(10)21)17(19(24)25)22-16(23)9-11-7-13(20)18-15(8-11)26-4-5-27-18/h2-3,6-8,17H,4-5,9H2,1H3,(H,22,23)(H,24,25). The zero-order valence-electron chi connectivity index (χ0n) is 14.4. The molecule has 2 aromatic rings. The minimum absolute atomic E-state index is 0.0969. The van der Waals surface area contributed by atoms with E-state index in [0.717, 1.165) is 0 Å². The van der Waals surface area contributed by atoms with Gasteiger partial charge in [-0.3, -0.25) is 4.79 Å². The highest BCUT2D eigenvalue weighted by molar-refractivity contribution is 6.32. The zero-order chi connectivity index (χ0) is 19.6. The van der Waals surface area contributed by atoms with Gasteiger partial charge in [-0.1, -0.05) is 23.7 Å². The number of carbonyl (C=O) groups excluding carboxylic acids is 1. The highest BCUT2D eigenvalue weighted by Gasteiger charge is 2.24. The van der Waals surface area contributed by atoms with Crippen molar-refractivity contribution in [3.8, 4) is 11.5 Å². The second-order valence-electron chi connectivity index (χ2n) is 6.13. The van der Waals surface area contributed by atoms with Gasteiger partial charge in [0, 0.05) is 0 Å². The van der Waals surface area contributed by atoms with Gasteiger partial charge in [-0.2, -0.15) is 0 Å². The van der Waals surface area contributed by atoms with Crippen LogP contribution in [-0.4, -0.2) is 30.2 Å². The molecule has 0 radical (unpaired) electrons. The van der Waals surface area contributed by atoms with E-state index in [-0.39, 0.29) is 12.0 Å². The minimum atomic E-state index is -1.29. The second-order valence-corrected chi connectivity index (χ2v) is 6.53. The van der Waals surface area contributed by atoms with E-state index in [4.69, 9.17) is 21.1 Å². The summed E-state index contributed by atoms with van der Waals surface area (Å²) >= 11 is 6.15. The maximum Gasteiger partial charge on any atom is 0.330 e. The topological polar surface area (TPSA) is 84.9 Å². The predicted molar refractivity (Wildman–Crippen MR) is 95.8 cm³/mol. The number of rotatable bonds is 5. The number of hydrogen-bond acceptors (Lipinski definition) is 4. The highest BCUT2D eigenvalue weighted by atomic mass is 35.5. The maximum atomic E-state index is 13.4. The van der Waals surface area contributed by atoms with Crippen molar-refractivity contribution >= 4 is 23.5 Å². The molecule has 0 saturated heterocycles. The van der Waals surface area contributed by atoms with Crippen LogP contribution in [0.5, 0.6) is 11.5 Å². The Balaban J connectivity index is 1.76. The fourth-order valence-corrected chi connectivity index (χ4v) is 3.09. The molecule has 1 unspecified atom stereocenters. The molecule has 1 amide bonds. The van der Waals surface area contributed by atoms with Gasteiger partial charge in [0.15, 0.2) is 17.5 Å². The molecule has 142 valence electrons. The van der Waals surface area contributed by atoms with Crippen molar-refractivity contribution in [2.24, 2.45) is 0 Å². The number of amides is 1. The van der Waals surface area contributed by atoms with E-state index in [0.29, 0.717) is 40.9 Å². The number of benzene rings is 2. The quantitative estimate of drug-likeness (QED) is 0.815. The summed E-state index contributed by atoms with van der Waals surface area (Å²) in [5, 5.41) is 12.2. The number of hydrogen-bond donors (Lipinski definition) is 2. The molecule has 0 aromatic heterocycles. The molecule has 0 spiro atoms. The Labute approximate surface area is 159 Å². The molecule has 6 nitrogen and oxygen atoms in total. The van der Waals surface area contributed by atoms with Crippen LogP contribution in [0.15, 0.2) is 30.3 Å². The van der Waals surface area contributed by atoms with E-state index in [1.54, 1.807) is 12.1 Å². The van der Waals surface area contributed by atoms with Crippen molar-refractivity contribution in [1.29, 1.82) is 0 Å². The van der Waals surface area contributed by atoms with Gasteiger partial charge in [-0.25, -0.2) is 9.18 Å². The van der Waals surface area contributed by atoms with E-state index in [2.05, 4.69) is 5.32 Å². The highest BCUT2D eigenvalue weighted by Crippen LogP contribution is 2.38. The summed E-state index contributed by atoms with van der Waals surface area (Å²) in [4.78, 5) is 23.9. The lowest BCUT2D eigenvalue weighted by Gasteiger charge is -2.20. The van der Waals surface area contributed by atoms with Crippen LogP contribution in [-0.2, 0) is 16.0 Å². The van der Waals surface area contributed by atoms with Crippen molar-refractivity contribution in [2.45, 2.75) is 19.4 Å². The van der Waals surface area contributed by atoms with E-state index >= 15 is 0 Å². The van der Waals surface area contributed by atoms with E-state index in [9.17, 15) is 19.1 Å². The van der Waals surface area contributed by atoms with Crippen LogP contribution in [0.25, 0.3) is 0 Å². The van der Waals surface area contributed by atoms with Gasteiger partial charge < -0.3 is 19.9 Å². The number of fused-ring (bicyclic) bond motifs is 1. The molecule has 1 aliphatic heterocycles. The molecule has 1 aliphatic rings. The average molecular weight is 394 g/mol. The molecule has 0 bridgehead atoms. The number of halogens is 2. The second kappa shape index (κ2) is 7.84. The SMILES string of the molecule is Cc1cc(C(NC(=O)Cc2cc(Cl)c3c(c2)OCCO3)C(=O)O)ccc1F. The number of nitrogens with one attached hydrogen (secondary N) is 1. The first-order valence-corrected chi connectivity index (χ1v) is 8.59. The number of aryl methyl sites for hydroxylation is 1. The van der Waals surface area contributed by atoms with Crippen LogP contribution < -0.4 is 14.8 Å². The lowest BCUT2D eigenvalue weighted by atomic mass is 10.0. The molecule has 3 rings (SSSR count). The normalized spacial score (nSPS) is 13.7. The largest absolute Gasteiger partial charge is 0.486 e. The summed E-state index contributed by atoms with van der Waals surface area (Å²) in [5.74, 6) is -1.33. The average Bonchev–Trinajstić information content (AvgIpc) is 2.62. The first-order chi connectivity index (χ1) is 12.8. The van der Waals surface area contributed by atoms with E-state index in [1.807, 2.05) is 0 Å². The molecule has 27 heavy (non-hydrogen) atoms. The smallest absolute Gasteiger partial charge is 0.330 e. The number of carbonyl (C=O) groups is 2. The number of carboxylic acid groups (broad SMARTS) is 1. The summed E-state index contributed by atoms with van der Waals surface area (Å²) in [5.41, 5.74) is 1.14. The van der Waals surface area contributed by atoms with Crippen LogP contribution in [0.2, 0.25) is 5.02 Å². The van der Waals surface area contributed by atoms with Gasteiger partial charge >= 0.3 is 5.97 Å². The van der Waals surface area contributed by atoms with Crippen LogP contribution in [0.3, 0.4) is 0 Å². The van der Waals surface area contributed by atoms with Crippen molar-refractivity contribution < 1.29 is 28.6 Å². The summed E-state index contributed by atoms with van der Waals surface area (Å²) in [6, 6.07) is 5.83. The molecule has 0 saturated carbocycles. The van der Waals surface area contributed by atoms with Crippen LogP contribution in [0, 0.1) is 12.7 Å². The molecule has 0 fully saturated rings. The Bertz CT molecular complexity index is 902. The van der Waals surface area contributed by atoms with Gasteiger partial charge in [0.1, 0.15) is 19.0 Å². The number of ether oxygens (including phenoxy) is 2. The zero-order valence-corrected chi connectivity index (χ0v) is 15.2.